The zero-order valence-electron chi connectivity index (χ0n) is 24.9. The molecule has 220 valence electrons. The van der Waals surface area contributed by atoms with Crippen molar-refractivity contribution >= 4 is 11.7 Å². The standard InChI is InChI=1S/C35H46N2O4/c1-25-8-7-16-34(3)32(15-17-35(34,41)24-36-18-20-37(21-19-36)26(2)38)30-14-12-27(22-29(39)13-11-25)23-31(30)33(40)28-9-5-4-6-10-28/h4-6,8-10,12,14,23,29,32,39,41H,7,11,13,15-22,24H2,1-3H3/t29-,32-,34-,35+/m0/s1. The number of ketones is 1. The Bertz CT molecular complexity index is 1280. The molecule has 0 unspecified atom stereocenters. The van der Waals surface area contributed by atoms with Crippen molar-refractivity contribution in [2.45, 2.75) is 83.3 Å². The third kappa shape index (κ3) is 6.20. The zero-order chi connectivity index (χ0) is 29.2. The second kappa shape index (κ2) is 12.2. The number of allylic oxidation sites excluding steroid dienone is 2. The molecule has 1 saturated heterocycles. The van der Waals surface area contributed by atoms with Crippen molar-refractivity contribution in [2.75, 3.05) is 32.7 Å². The summed E-state index contributed by atoms with van der Waals surface area (Å²) in [5.41, 5.74) is 3.24. The van der Waals surface area contributed by atoms with Gasteiger partial charge in [0.1, 0.15) is 0 Å². The van der Waals surface area contributed by atoms with Crippen molar-refractivity contribution in [1.82, 2.24) is 9.80 Å². The van der Waals surface area contributed by atoms with E-state index in [2.05, 4.69) is 37.0 Å². The first-order valence-corrected chi connectivity index (χ1v) is 15.4. The van der Waals surface area contributed by atoms with Gasteiger partial charge in [0.15, 0.2) is 5.78 Å². The van der Waals surface area contributed by atoms with Crippen LogP contribution in [0.3, 0.4) is 0 Å². The molecule has 0 aromatic heterocycles. The summed E-state index contributed by atoms with van der Waals surface area (Å²) in [5.74, 6) is 0.123. The number of carbonyl (C=O) groups is 2. The molecule has 2 aromatic carbocycles. The molecule has 2 bridgehead atoms. The smallest absolute Gasteiger partial charge is 0.219 e. The predicted octanol–water partition coefficient (Wildman–Crippen LogP) is 5.12. The number of carbonyl (C=O) groups excluding carboxylic acids is 2. The molecule has 1 amide bonds. The maximum atomic E-state index is 14.0. The van der Waals surface area contributed by atoms with Gasteiger partial charge in [-0.1, -0.05) is 61.0 Å². The van der Waals surface area contributed by atoms with Gasteiger partial charge in [0.25, 0.3) is 0 Å². The molecular weight excluding hydrogens is 512 g/mol. The summed E-state index contributed by atoms with van der Waals surface area (Å²) in [6, 6.07) is 15.6. The molecule has 1 heterocycles. The van der Waals surface area contributed by atoms with Crippen molar-refractivity contribution in [3.8, 4) is 0 Å². The van der Waals surface area contributed by atoms with Crippen molar-refractivity contribution in [3.05, 3.63) is 82.4 Å². The first kappa shape index (κ1) is 29.7. The summed E-state index contributed by atoms with van der Waals surface area (Å²) in [6.07, 6.45) is 6.98. The number of piperazine rings is 1. The lowest BCUT2D eigenvalue weighted by molar-refractivity contribution is -0.132. The number of aliphatic hydroxyl groups excluding tert-OH is 1. The Kier molecular flexibility index (Phi) is 8.84. The van der Waals surface area contributed by atoms with E-state index in [1.807, 2.05) is 41.3 Å². The predicted molar refractivity (Wildman–Crippen MR) is 162 cm³/mol. The van der Waals surface area contributed by atoms with E-state index in [0.29, 0.717) is 50.0 Å². The highest BCUT2D eigenvalue weighted by molar-refractivity contribution is 6.10. The lowest BCUT2D eigenvalue weighted by atomic mass is 9.64. The van der Waals surface area contributed by atoms with Crippen LogP contribution in [0.4, 0.5) is 0 Å². The number of aliphatic hydroxyl groups is 2. The summed E-state index contributed by atoms with van der Waals surface area (Å²) in [5, 5.41) is 23.3. The quantitative estimate of drug-likeness (QED) is 0.402. The Labute approximate surface area is 245 Å². The number of amides is 1. The Morgan fingerprint density at radius 2 is 1.73 bits per heavy atom. The first-order valence-electron chi connectivity index (χ1n) is 15.4. The van der Waals surface area contributed by atoms with Gasteiger partial charge in [0.2, 0.25) is 5.91 Å². The summed E-state index contributed by atoms with van der Waals surface area (Å²) in [7, 11) is 0. The molecule has 0 spiro atoms. The van der Waals surface area contributed by atoms with E-state index >= 15 is 0 Å². The molecule has 41 heavy (non-hydrogen) atoms. The Balaban J connectivity index is 1.54. The lowest BCUT2D eigenvalue weighted by Gasteiger charge is -2.47. The lowest BCUT2D eigenvalue weighted by Crippen LogP contribution is -2.57. The highest BCUT2D eigenvalue weighted by atomic mass is 16.3. The maximum absolute atomic E-state index is 14.0. The monoisotopic (exact) mass is 558 g/mol. The molecule has 0 radical (unpaired) electrons. The summed E-state index contributed by atoms with van der Waals surface area (Å²) < 4.78 is 0. The molecule has 4 aliphatic rings. The molecule has 3 aliphatic carbocycles. The molecule has 6 heteroatoms. The molecule has 4 atom stereocenters. The van der Waals surface area contributed by atoms with E-state index in [1.54, 1.807) is 6.92 Å². The summed E-state index contributed by atoms with van der Waals surface area (Å²) >= 11 is 0. The summed E-state index contributed by atoms with van der Waals surface area (Å²) in [6.45, 7) is 9.47. The molecule has 6 rings (SSSR count). The van der Waals surface area contributed by atoms with Gasteiger partial charge < -0.3 is 15.1 Å². The topological polar surface area (TPSA) is 81.1 Å². The molecule has 1 aliphatic heterocycles. The van der Waals surface area contributed by atoms with Gasteiger partial charge in [-0.25, -0.2) is 0 Å². The summed E-state index contributed by atoms with van der Waals surface area (Å²) in [4.78, 5) is 30.1. The average Bonchev–Trinajstić information content (AvgIpc) is 3.21. The average molecular weight is 559 g/mol. The fourth-order valence-electron chi connectivity index (χ4n) is 7.53. The van der Waals surface area contributed by atoms with Crippen LogP contribution in [0.1, 0.15) is 92.3 Å². The normalized spacial score (nSPS) is 29.5. The molecule has 6 nitrogen and oxygen atoms in total. The van der Waals surface area contributed by atoms with Gasteiger partial charge >= 0.3 is 0 Å². The minimum absolute atomic E-state index is 0.00193. The van der Waals surface area contributed by atoms with E-state index in [0.717, 1.165) is 49.9 Å². The molecule has 2 N–H and O–H groups in total. The SMILES string of the molecule is CC(=O)N1CCN(C[C@]2(O)CC[C@H]3c4ccc(cc4C(=O)c4ccccc4)C[C@@H](O)CCC(C)=CCC[C@@]32C)CC1. The van der Waals surface area contributed by atoms with Gasteiger partial charge in [0.05, 0.1) is 11.7 Å². The van der Waals surface area contributed by atoms with Gasteiger partial charge in [0, 0.05) is 56.2 Å². The minimum atomic E-state index is -0.920. The van der Waals surface area contributed by atoms with E-state index < -0.39 is 17.1 Å². The molecule has 1 saturated carbocycles. The highest BCUT2D eigenvalue weighted by Gasteiger charge is 2.57. The Hall–Kier alpha value is -2.80. The van der Waals surface area contributed by atoms with Crippen molar-refractivity contribution in [3.63, 3.8) is 0 Å². The molecular formula is C35H46N2O4. The van der Waals surface area contributed by atoms with Crippen LogP contribution in [0.5, 0.6) is 0 Å². The van der Waals surface area contributed by atoms with Crippen LogP contribution in [0, 0.1) is 5.41 Å². The number of rotatable bonds is 4. The van der Waals surface area contributed by atoms with Crippen LogP contribution in [0.2, 0.25) is 0 Å². The maximum Gasteiger partial charge on any atom is 0.219 e. The fraction of sp³-hybridized carbons (Fsp3) is 0.543. The molecule has 2 fully saturated rings. The van der Waals surface area contributed by atoms with Gasteiger partial charge in [-0.15, -0.1) is 0 Å². The highest BCUT2D eigenvalue weighted by Crippen LogP contribution is 2.58. The zero-order valence-corrected chi connectivity index (χ0v) is 24.9. The second-order valence-corrected chi connectivity index (χ2v) is 12.9. The number of hydrogen-bond donors (Lipinski definition) is 2. The Morgan fingerprint density at radius 1 is 1.00 bits per heavy atom. The largest absolute Gasteiger partial charge is 0.393 e. The van der Waals surface area contributed by atoms with Gasteiger partial charge in [-0.05, 0) is 75.0 Å². The van der Waals surface area contributed by atoms with Crippen molar-refractivity contribution in [1.29, 1.82) is 0 Å². The fourth-order valence-corrected chi connectivity index (χ4v) is 7.53. The first-order chi connectivity index (χ1) is 19.6. The van der Waals surface area contributed by atoms with Crippen LogP contribution in [0.15, 0.2) is 60.2 Å². The van der Waals surface area contributed by atoms with E-state index in [1.165, 1.54) is 5.57 Å². The number of nitrogens with zero attached hydrogens (tertiary/aromatic N) is 2. The van der Waals surface area contributed by atoms with E-state index in [4.69, 9.17) is 0 Å². The third-order valence-corrected chi connectivity index (χ3v) is 10.3. The second-order valence-electron chi connectivity index (χ2n) is 12.9. The van der Waals surface area contributed by atoms with Crippen LogP contribution in [0.25, 0.3) is 0 Å². The number of benzene rings is 2. The van der Waals surface area contributed by atoms with Crippen molar-refractivity contribution < 1.29 is 19.8 Å². The third-order valence-electron chi connectivity index (χ3n) is 10.3. The van der Waals surface area contributed by atoms with Gasteiger partial charge in [-0.2, -0.15) is 0 Å². The van der Waals surface area contributed by atoms with E-state index in [-0.39, 0.29) is 17.6 Å². The number of fused-ring (bicyclic) bond motifs is 8. The molecule has 2 aromatic rings. The van der Waals surface area contributed by atoms with Crippen LogP contribution >= 0.6 is 0 Å². The number of hydrogen-bond acceptors (Lipinski definition) is 5. The van der Waals surface area contributed by atoms with Gasteiger partial charge in [-0.3, -0.25) is 14.5 Å². The number of β-amino-alcohol motifs (C(OH)–C–C–N with tert-alkyl or cyclic N) is 1. The van der Waals surface area contributed by atoms with E-state index in [9.17, 15) is 19.8 Å². The van der Waals surface area contributed by atoms with Crippen LogP contribution in [-0.4, -0.2) is 76.1 Å². The minimum Gasteiger partial charge on any atom is -0.393 e. The Morgan fingerprint density at radius 3 is 2.44 bits per heavy atom. The van der Waals surface area contributed by atoms with Crippen LogP contribution < -0.4 is 0 Å². The van der Waals surface area contributed by atoms with Crippen LogP contribution in [-0.2, 0) is 11.2 Å². The van der Waals surface area contributed by atoms with Crippen molar-refractivity contribution in [2.24, 2.45) is 5.41 Å².